The van der Waals surface area contributed by atoms with E-state index in [-0.39, 0.29) is 11.8 Å². The molecule has 0 bridgehead atoms. The van der Waals surface area contributed by atoms with Crippen LogP contribution in [0.1, 0.15) is 42.9 Å². The zero-order valence-electron chi connectivity index (χ0n) is 14.2. The zero-order chi connectivity index (χ0) is 17.2. The highest BCUT2D eigenvalue weighted by molar-refractivity contribution is 7.99. The topological polar surface area (TPSA) is 55.8 Å². The molecule has 1 saturated carbocycles. The van der Waals surface area contributed by atoms with Gasteiger partial charge in [-0.25, -0.2) is 0 Å². The average Bonchev–Trinajstić information content (AvgIpc) is 2.96. The molecule has 2 fully saturated rings. The first-order valence-corrected chi connectivity index (χ1v) is 10.1. The largest absolute Gasteiger partial charge is 0.454 e. The van der Waals surface area contributed by atoms with E-state index in [0.29, 0.717) is 30.7 Å². The Bertz CT molecular complexity index is 667. The summed E-state index contributed by atoms with van der Waals surface area (Å²) in [7, 11) is 0. The molecule has 1 aliphatic carbocycles. The van der Waals surface area contributed by atoms with E-state index in [0.717, 1.165) is 49.6 Å². The van der Waals surface area contributed by atoms with Crippen LogP contribution in [0.15, 0.2) is 18.2 Å². The van der Waals surface area contributed by atoms with E-state index < -0.39 is 0 Å². The molecule has 1 unspecified atom stereocenters. The Balaban J connectivity index is 1.38. The predicted octanol–water partition coefficient (Wildman–Crippen LogP) is 3.18. The molecule has 6 heteroatoms. The van der Waals surface area contributed by atoms with Gasteiger partial charge in [-0.1, -0.05) is 6.07 Å². The first-order chi connectivity index (χ1) is 12.2. The van der Waals surface area contributed by atoms with Crippen molar-refractivity contribution in [3.63, 3.8) is 0 Å². The van der Waals surface area contributed by atoms with Gasteiger partial charge in [-0.3, -0.25) is 9.59 Å². The summed E-state index contributed by atoms with van der Waals surface area (Å²) in [6.45, 7) is 1.88. The van der Waals surface area contributed by atoms with Crippen LogP contribution in [0.4, 0.5) is 0 Å². The molecule has 134 valence electrons. The minimum atomic E-state index is 0.0461. The molecular formula is C19H23NO4S. The van der Waals surface area contributed by atoms with Crippen LogP contribution in [0.2, 0.25) is 0 Å². The third-order valence-corrected chi connectivity index (χ3v) is 6.64. The van der Waals surface area contributed by atoms with Gasteiger partial charge in [0.2, 0.25) is 12.7 Å². The molecule has 1 aromatic rings. The lowest BCUT2D eigenvalue weighted by atomic mass is 9.87. The minimum absolute atomic E-state index is 0.0461. The third kappa shape index (κ3) is 3.64. The number of ether oxygens (including phenoxy) is 2. The van der Waals surface area contributed by atoms with E-state index in [1.165, 1.54) is 5.56 Å². The van der Waals surface area contributed by atoms with Gasteiger partial charge in [0.1, 0.15) is 5.78 Å². The molecule has 1 atom stereocenters. The number of amides is 1. The number of carbonyl (C=O) groups excluding carboxylic acids is 2. The monoisotopic (exact) mass is 361 g/mol. The lowest BCUT2D eigenvalue weighted by Gasteiger charge is -2.28. The lowest BCUT2D eigenvalue weighted by molar-refractivity contribution is -0.137. The smallest absolute Gasteiger partial charge is 0.231 e. The second kappa shape index (κ2) is 7.28. The van der Waals surface area contributed by atoms with Crippen molar-refractivity contribution in [2.24, 2.45) is 5.92 Å². The van der Waals surface area contributed by atoms with Crippen LogP contribution in [0, 0.1) is 5.92 Å². The summed E-state index contributed by atoms with van der Waals surface area (Å²) >= 11 is 1.91. The summed E-state index contributed by atoms with van der Waals surface area (Å²) in [5.74, 6) is 3.17. The number of hydrogen-bond donors (Lipinski definition) is 0. The highest BCUT2D eigenvalue weighted by Crippen LogP contribution is 2.40. The van der Waals surface area contributed by atoms with Crippen molar-refractivity contribution >= 4 is 23.5 Å². The maximum atomic E-state index is 12.8. The molecule has 0 spiro atoms. The van der Waals surface area contributed by atoms with Crippen LogP contribution in [-0.2, 0) is 9.59 Å². The number of ketones is 1. The SMILES string of the molecule is O=C1CCC(C(=O)N2CCSC(c3ccc4c(c3)OCO4)CC2)CC1. The molecule has 1 saturated heterocycles. The molecule has 2 aliphatic heterocycles. The first kappa shape index (κ1) is 16.8. The van der Waals surface area contributed by atoms with Crippen LogP contribution >= 0.6 is 11.8 Å². The Morgan fingerprint density at radius 3 is 2.72 bits per heavy atom. The highest BCUT2D eigenvalue weighted by atomic mass is 32.2. The Labute approximate surface area is 152 Å². The van der Waals surface area contributed by atoms with Crippen molar-refractivity contribution in [1.82, 2.24) is 4.90 Å². The number of carbonyl (C=O) groups is 2. The summed E-state index contributed by atoms with van der Waals surface area (Å²) in [4.78, 5) is 26.2. The highest BCUT2D eigenvalue weighted by Gasteiger charge is 2.30. The van der Waals surface area contributed by atoms with Crippen LogP contribution in [0.3, 0.4) is 0 Å². The van der Waals surface area contributed by atoms with Crippen molar-refractivity contribution in [3.8, 4) is 11.5 Å². The van der Waals surface area contributed by atoms with E-state index in [9.17, 15) is 9.59 Å². The van der Waals surface area contributed by atoms with Gasteiger partial charge < -0.3 is 14.4 Å². The molecule has 3 aliphatic rings. The predicted molar refractivity (Wildman–Crippen MR) is 95.9 cm³/mol. The summed E-state index contributed by atoms with van der Waals surface area (Å²) in [5.41, 5.74) is 1.24. The van der Waals surface area contributed by atoms with Gasteiger partial charge in [0.25, 0.3) is 0 Å². The number of rotatable bonds is 2. The molecule has 1 aromatic carbocycles. The number of thioether (sulfide) groups is 1. The van der Waals surface area contributed by atoms with Crippen LogP contribution in [-0.4, -0.2) is 42.2 Å². The van der Waals surface area contributed by atoms with Crippen LogP contribution in [0.5, 0.6) is 11.5 Å². The van der Waals surface area contributed by atoms with Crippen molar-refractivity contribution in [2.75, 3.05) is 25.6 Å². The van der Waals surface area contributed by atoms with Gasteiger partial charge in [0.05, 0.1) is 0 Å². The number of nitrogens with zero attached hydrogens (tertiary/aromatic N) is 1. The Hall–Kier alpha value is -1.69. The summed E-state index contributed by atoms with van der Waals surface area (Å²) in [6.07, 6.45) is 3.54. The molecule has 2 heterocycles. The van der Waals surface area contributed by atoms with Gasteiger partial charge in [-0.15, -0.1) is 0 Å². The second-order valence-corrected chi connectivity index (χ2v) is 8.21. The Kier molecular flexibility index (Phi) is 4.88. The van der Waals surface area contributed by atoms with Crippen LogP contribution in [0.25, 0.3) is 0 Å². The summed E-state index contributed by atoms with van der Waals surface area (Å²) in [5, 5.41) is 0.375. The van der Waals surface area contributed by atoms with Crippen LogP contribution < -0.4 is 9.47 Å². The van der Waals surface area contributed by atoms with Crippen molar-refractivity contribution < 1.29 is 19.1 Å². The van der Waals surface area contributed by atoms with Crippen molar-refractivity contribution in [3.05, 3.63) is 23.8 Å². The molecular weight excluding hydrogens is 338 g/mol. The number of Topliss-reactive ketones (excluding diaryl/α,β-unsaturated/α-hetero) is 1. The fourth-order valence-electron chi connectivity index (χ4n) is 3.81. The van der Waals surface area contributed by atoms with Crippen molar-refractivity contribution in [1.29, 1.82) is 0 Å². The lowest BCUT2D eigenvalue weighted by Crippen LogP contribution is -2.39. The molecule has 0 N–H and O–H groups in total. The van der Waals surface area contributed by atoms with E-state index in [4.69, 9.17) is 9.47 Å². The fraction of sp³-hybridized carbons (Fsp3) is 0.579. The molecule has 25 heavy (non-hydrogen) atoms. The third-order valence-electron chi connectivity index (χ3n) is 5.31. The zero-order valence-corrected chi connectivity index (χ0v) is 15.1. The quantitative estimate of drug-likeness (QED) is 0.810. The first-order valence-electron chi connectivity index (χ1n) is 9.02. The minimum Gasteiger partial charge on any atom is -0.454 e. The molecule has 1 amide bonds. The van der Waals surface area contributed by atoms with E-state index in [2.05, 4.69) is 12.1 Å². The average molecular weight is 361 g/mol. The van der Waals surface area contributed by atoms with Gasteiger partial charge in [-0.2, -0.15) is 11.8 Å². The standard InChI is InChI=1S/C19H23NO4S/c21-15-4-1-13(2-5-15)19(22)20-8-7-18(25-10-9-20)14-3-6-16-17(11-14)24-12-23-16/h3,6,11,13,18H,1-2,4-5,7-10,12H2. The van der Waals surface area contributed by atoms with Gasteiger partial charge in [0, 0.05) is 42.9 Å². The Morgan fingerprint density at radius 1 is 1.08 bits per heavy atom. The molecule has 4 rings (SSSR count). The number of hydrogen-bond acceptors (Lipinski definition) is 5. The Morgan fingerprint density at radius 2 is 1.88 bits per heavy atom. The molecule has 0 radical (unpaired) electrons. The van der Waals surface area contributed by atoms with E-state index in [1.807, 2.05) is 22.7 Å². The van der Waals surface area contributed by atoms with Gasteiger partial charge in [0.15, 0.2) is 11.5 Å². The maximum Gasteiger partial charge on any atom is 0.231 e. The maximum absolute atomic E-state index is 12.8. The van der Waals surface area contributed by atoms with E-state index >= 15 is 0 Å². The second-order valence-electron chi connectivity index (χ2n) is 6.90. The summed E-state index contributed by atoms with van der Waals surface area (Å²) < 4.78 is 10.9. The van der Waals surface area contributed by atoms with Gasteiger partial charge in [-0.05, 0) is 37.0 Å². The summed E-state index contributed by atoms with van der Waals surface area (Å²) in [6, 6.07) is 6.16. The fourth-order valence-corrected chi connectivity index (χ4v) is 5.04. The normalized spacial score (nSPS) is 24.2. The van der Waals surface area contributed by atoms with E-state index in [1.54, 1.807) is 0 Å². The van der Waals surface area contributed by atoms with Crippen molar-refractivity contribution in [2.45, 2.75) is 37.4 Å². The molecule has 0 aromatic heterocycles. The number of benzene rings is 1. The molecule has 5 nitrogen and oxygen atoms in total. The number of fused-ring (bicyclic) bond motifs is 1. The van der Waals surface area contributed by atoms with Gasteiger partial charge >= 0.3 is 0 Å².